The summed E-state index contributed by atoms with van der Waals surface area (Å²) in [6.07, 6.45) is 3.27. The van der Waals surface area contributed by atoms with Gasteiger partial charge < -0.3 is 9.94 Å². The maximum atomic E-state index is 11.7. The third-order valence-corrected chi connectivity index (χ3v) is 3.18. The number of ether oxygens (including phenoxy) is 1. The number of rotatable bonds is 8. The van der Waals surface area contributed by atoms with Gasteiger partial charge in [-0.15, -0.1) is 0 Å². The molecular formula is C14H18BrNO3. The average molecular weight is 328 g/mol. The van der Waals surface area contributed by atoms with Gasteiger partial charge in [0, 0.05) is 11.8 Å². The van der Waals surface area contributed by atoms with Crippen LogP contribution in [0.4, 0.5) is 0 Å². The van der Waals surface area contributed by atoms with Crippen molar-refractivity contribution in [1.82, 2.24) is 0 Å². The fraction of sp³-hybridized carbons (Fsp3) is 0.429. The Balaban J connectivity index is 2.34. The Kier molecular flexibility index (Phi) is 7.89. The van der Waals surface area contributed by atoms with E-state index in [-0.39, 0.29) is 12.3 Å². The van der Waals surface area contributed by atoms with Crippen molar-refractivity contribution in [2.75, 3.05) is 5.33 Å². The van der Waals surface area contributed by atoms with Crippen molar-refractivity contribution in [1.29, 1.82) is 0 Å². The van der Waals surface area contributed by atoms with E-state index in [2.05, 4.69) is 21.1 Å². The molecule has 1 N–H and O–H groups in total. The molecule has 4 nitrogen and oxygen atoms in total. The number of benzene rings is 1. The Hall–Kier alpha value is -1.36. The van der Waals surface area contributed by atoms with Crippen molar-refractivity contribution in [2.45, 2.75) is 32.3 Å². The SMILES string of the molecule is O=C(OCc1ccccc1)/C(CCCCCBr)=N\O. The van der Waals surface area contributed by atoms with Crippen LogP contribution in [0.25, 0.3) is 0 Å². The maximum absolute atomic E-state index is 11.7. The average Bonchev–Trinajstić information content (AvgIpc) is 2.46. The van der Waals surface area contributed by atoms with Crippen molar-refractivity contribution in [3.05, 3.63) is 35.9 Å². The Morgan fingerprint density at radius 3 is 2.58 bits per heavy atom. The first-order chi connectivity index (χ1) is 9.27. The lowest BCUT2D eigenvalue weighted by Gasteiger charge is -2.06. The van der Waals surface area contributed by atoms with Gasteiger partial charge >= 0.3 is 5.97 Å². The summed E-state index contributed by atoms with van der Waals surface area (Å²) in [5.74, 6) is -0.551. The normalized spacial score (nSPS) is 11.3. The lowest BCUT2D eigenvalue weighted by molar-refractivity contribution is -0.137. The summed E-state index contributed by atoms with van der Waals surface area (Å²) in [5.41, 5.74) is 0.998. The monoisotopic (exact) mass is 327 g/mol. The molecule has 104 valence electrons. The highest BCUT2D eigenvalue weighted by Gasteiger charge is 2.13. The molecule has 0 atom stereocenters. The van der Waals surface area contributed by atoms with Crippen molar-refractivity contribution in [3.8, 4) is 0 Å². The van der Waals surface area contributed by atoms with Crippen molar-refractivity contribution in [2.24, 2.45) is 5.16 Å². The van der Waals surface area contributed by atoms with Gasteiger partial charge in [0.1, 0.15) is 6.61 Å². The molecule has 0 aromatic heterocycles. The van der Waals surface area contributed by atoms with Crippen LogP contribution in [0.1, 0.15) is 31.2 Å². The van der Waals surface area contributed by atoms with Crippen LogP contribution in [-0.2, 0) is 16.1 Å². The lowest BCUT2D eigenvalue weighted by Crippen LogP contribution is -2.17. The van der Waals surface area contributed by atoms with Crippen LogP contribution >= 0.6 is 15.9 Å². The van der Waals surface area contributed by atoms with Crippen LogP contribution in [0.5, 0.6) is 0 Å². The van der Waals surface area contributed by atoms with Crippen LogP contribution in [0.3, 0.4) is 0 Å². The minimum atomic E-state index is -0.551. The van der Waals surface area contributed by atoms with E-state index < -0.39 is 5.97 Å². The minimum Gasteiger partial charge on any atom is -0.456 e. The highest BCUT2D eigenvalue weighted by molar-refractivity contribution is 9.09. The van der Waals surface area contributed by atoms with Gasteiger partial charge in [0.2, 0.25) is 0 Å². The number of unbranched alkanes of at least 4 members (excludes halogenated alkanes) is 2. The van der Waals surface area contributed by atoms with Gasteiger partial charge in [-0.3, -0.25) is 0 Å². The minimum absolute atomic E-state index is 0.0884. The molecule has 0 heterocycles. The zero-order valence-electron chi connectivity index (χ0n) is 10.7. The molecule has 0 fully saturated rings. The van der Waals surface area contributed by atoms with Crippen molar-refractivity contribution >= 4 is 27.6 Å². The van der Waals surface area contributed by atoms with Gasteiger partial charge in [0.05, 0.1) is 0 Å². The number of nitrogens with zero attached hydrogens (tertiary/aromatic N) is 1. The summed E-state index contributed by atoms with van der Waals surface area (Å²) in [6, 6.07) is 9.41. The topological polar surface area (TPSA) is 58.9 Å². The van der Waals surface area contributed by atoms with E-state index in [0.717, 1.165) is 30.2 Å². The quantitative estimate of drug-likeness (QED) is 0.198. The predicted octanol–water partition coefficient (Wildman–Crippen LogP) is 3.52. The molecule has 1 rings (SSSR count). The van der Waals surface area contributed by atoms with E-state index >= 15 is 0 Å². The summed E-state index contributed by atoms with van der Waals surface area (Å²) in [6.45, 7) is 0.195. The van der Waals surface area contributed by atoms with Crippen molar-refractivity contribution in [3.63, 3.8) is 0 Å². The van der Waals surface area contributed by atoms with Crippen LogP contribution in [0.15, 0.2) is 35.5 Å². The zero-order chi connectivity index (χ0) is 13.9. The Labute approximate surface area is 121 Å². The molecule has 5 heteroatoms. The first-order valence-corrected chi connectivity index (χ1v) is 7.38. The molecule has 0 radical (unpaired) electrons. The van der Waals surface area contributed by atoms with E-state index in [1.165, 1.54) is 0 Å². The van der Waals surface area contributed by atoms with E-state index in [0.29, 0.717) is 6.42 Å². The molecular weight excluding hydrogens is 310 g/mol. The molecule has 0 amide bonds. The number of esters is 1. The summed E-state index contributed by atoms with van der Waals surface area (Å²) >= 11 is 3.34. The highest BCUT2D eigenvalue weighted by atomic mass is 79.9. The van der Waals surface area contributed by atoms with E-state index in [1.807, 2.05) is 30.3 Å². The second-order valence-corrected chi connectivity index (χ2v) is 4.90. The van der Waals surface area contributed by atoms with Crippen LogP contribution < -0.4 is 0 Å². The first kappa shape index (κ1) is 15.7. The molecule has 1 aromatic rings. The van der Waals surface area contributed by atoms with Crippen LogP contribution in [0.2, 0.25) is 0 Å². The third-order valence-electron chi connectivity index (χ3n) is 2.62. The standard InChI is InChI=1S/C14H18BrNO3/c15-10-6-2-5-9-13(16-18)14(17)19-11-12-7-3-1-4-8-12/h1,3-4,7-8,18H,2,5-6,9-11H2/b16-13-. The van der Waals surface area contributed by atoms with E-state index in [4.69, 9.17) is 9.94 Å². The molecule has 19 heavy (non-hydrogen) atoms. The maximum Gasteiger partial charge on any atom is 0.356 e. The number of hydrogen-bond acceptors (Lipinski definition) is 4. The second kappa shape index (κ2) is 9.55. The smallest absolute Gasteiger partial charge is 0.356 e. The fourth-order valence-corrected chi connectivity index (χ4v) is 1.96. The molecule has 0 saturated heterocycles. The summed E-state index contributed by atoms with van der Waals surface area (Å²) in [4.78, 5) is 11.7. The molecule has 0 bridgehead atoms. The highest BCUT2D eigenvalue weighted by Crippen LogP contribution is 2.06. The van der Waals surface area contributed by atoms with E-state index in [1.54, 1.807) is 0 Å². The van der Waals surface area contributed by atoms with Crippen molar-refractivity contribution < 1.29 is 14.7 Å². The van der Waals surface area contributed by atoms with E-state index in [9.17, 15) is 4.79 Å². The number of alkyl halides is 1. The van der Waals surface area contributed by atoms with Gasteiger partial charge in [-0.2, -0.15) is 0 Å². The zero-order valence-corrected chi connectivity index (χ0v) is 12.3. The third kappa shape index (κ3) is 6.38. The summed E-state index contributed by atoms with van der Waals surface area (Å²) in [7, 11) is 0. The number of carbonyl (C=O) groups excluding carboxylic acids is 1. The predicted molar refractivity (Wildman–Crippen MR) is 77.7 cm³/mol. The molecule has 0 aliphatic rings. The number of oxime groups is 1. The second-order valence-electron chi connectivity index (χ2n) is 4.11. The number of hydrogen-bond donors (Lipinski definition) is 1. The molecule has 0 saturated carbocycles. The first-order valence-electron chi connectivity index (χ1n) is 6.26. The molecule has 0 unspecified atom stereocenters. The summed E-state index contributed by atoms with van der Waals surface area (Å²) < 4.78 is 5.10. The summed E-state index contributed by atoms with van der Waals surface area (Å²) in [5, 5.41) is 12.8. The van der Waals surface area contributed by atoms with Gasteiger partial charge in [-0.1, -0.05) is 57.8 Å². The van der Waals surface area contributed by atoms with Gasteiger partial charge in [0.25, 0.3) is 0 Å². The fourth-order valence-electron chi connectivity index (χ4n) is 1.56. The number of carbonyl (C=O) groups is 1. The molecule has 0 aliphatic heterocycles. The largest absolute Gasteiger partial charge is 0.456 e. The van der Waals surface area contributed by atoms with Gasteiger partial charge in [-0.05, 0) is 18.4 Å². The molecule has 1 aromatic carbocycles. The Morgan fingerprint density at radius 1 is 1.21 bits per heavy atom. The van der Waals surface area contributed by atoms with Crippen LogP contribution in [0, 0.1) is 0 Å². The lowest BCUT2D eigenvalue weighted by atomic mass is 10.1. The number of halogens is 1. The Bertz CT molecular complexity index is 406. The van der Waals surface area contributed by atoms with Crippen LogP contribution in [-0.4, -0.2) is 22.2 Å². The van der Waals surface area contributed by atoms with Gasteiger partial charge in [-0.25, -0.2) is 4.79 Å². The van der Waals surface area contributed by atoms with Gasteiger partial charge in [0.15, 0.2) is 5.71 Å². The molecule has 0 spiro atoms. The molecule has 0 aliphatic carbocycles. The Morgan fingerprint density at radius 2 is 1.95 bits per heavy atom.